The molecule has 6 nitrogen and oxygen atoms in total. The van der Waals surface area contributed by atoms with Gasteiger partial charge in [0.2, 0.25) is 0 Å². The fraction of sp³-hybridized carbons (Fsp3) is 0.273. The molecule has 0 spiro atoms. The SMILES string of the molecule is CC1c2c(c(-c3ccccc3)c(-c3ccc(F)cc3)n2CC[C@@H]2C[C@@H](O)CC(=O)O2)C(=O)[N+]1(C)c1ccccc1. The molecule has 204 valence electrons. The molecule has 2 aliphatic heterocycles. The number of aliphatic hydroxyl groups excluding tert-OH is 1. The molecular formula is C33H32FN2O4+. The Hall–Kier alpha value is -4.07. The number of fused-ring (bicyclic) bond motifs is 1. The highest BCUT2D eigenvalue weighted by Crippen LogP contribution is 2.51. The number of nitrogens with zero attached hydrogens (tertiary/aromatic N) is 2. The summed E-state index contributed by atoms with van der Waals surface area (Å²) in [5, 5.41) is 10.2. The normalized spacial score (nSPS) is 24.1. The molecule has 7 heteroatoms. The molecule has 6 rings (SSSR count). The molecule has 1 fully saturated rings. The lowest BCUT2D eigenvalue weighted by atomic mass is 9.96. The maximum absolute atomic E-state index is 14.6. The van der Waals surface area contributed by atoms with Crippen LogP contribution in [0.15, 0.2) is 84.9 Å². The van der Waals surface area contributed by atoms with E-state index < -0.39 is 18.2 Å². The molecule has 2 unspecified atom stereocenters. The van der Waals surface area contributed by atoms with E-state index in [4.69, 9.17) is 4.74 Å². The van der Waals surface area contributed by atoms with Crippen molar-refractivity contribution >= 4 is 17.6 Å². The van der Waals surface area contributed by atoms with Gasteiger partial charge in [-0.05, 0) is 54.4 Å². The van der Waals surface area contributed by atoms with E-state index in [-0.39, 0.29) is 28.7 Å². The van der Waals surface area contributed by atoms with Crippen LogP contribution in [0.3, 0.4) is 0 Å². The van der Waals surface area contributed by atoms with Crippen molar-refractivity contribution in [3.8, 4) is 22.4 Å². The van der Waals surface area contributed by atoms with Crippen LogP contribution in [0.2, 0.25) is 0 Å². The van der Waals surface area contributed by atoms with Crippen molar-refractivity contribution in [1.82, 2.24) is 9.05 Å². The first-order valence-corrected chi connectivity index (χ1v) is 13.7. The van der Waals surface area contributed by atoms with Crippen LogP contribution < -0.4 is 4.48 Å². The number of cyclic esters (lactones) is 1. The topological polar surface area (TPSA) is 68.5 Å². The second-order valence-corrected chi connectivity index (χ2v) is 10.9. The van der Waals surface area contributed by atoms with Gasteiger partial charge in [-0.15, -0.1) is 0 Å². The Morgan fingerprint density at radius 2 is 1.57 bits per heavy atom. The number of carbonyl (C=O) groups excluding carboxylic acids is 2. The molecule has 0 radical (unpaired) electrons. The number of rotatable bonds is 6. The summed E-state index contributed by atoms with van der Waals surface area (Å²) in [6, 6.07) is 25.8. The van der Waals surface area contributed by atoms with Crippen LogP contribution in [0.1, 0.15) is 48.3 Å². The number of halogens is 1. The van der Waals surface area contributed by atoms with Gasteiger partial charge in [-0.25, -0.2) is 13.7 Å². The second kappa shape index (κ2) is 10.2. The van der Waals surface area contributed by atoms with E-state index in [1.54, 1.807) is 12.1 Å². The number of hydrogen-bond donors (Lipinski definition) is 1. The van der Waals surface area contributed by atoms with Gasteiger partial charge in [-0.1, -0.05) is 48.5 Å². The Morgan fingerprint density at radius 1 is 0.925 bits per heavy atom. The van der Waals surface area contributed by atoms with Gasteiger partial charge in [0.25, 0.3) is 0 Å². The fourth-order valence-electron chi connectivity index (χ4n) is 6.36. The number of amides is 1. The van der Waals surface area contributed by atoms with E-state index >= 15 is 0 Å². The number of quaternary nitrogens is 1. The minimum Gasteiger partial charge on any atom is -0.462 e. The molecule has 1 aromatic heterocycles. The number of esters is 1. The minimum absolute atomic E-state index is 0.00539. The van der Waals surface area contributed by atoms with E-state index in [9.17, 15) is 19.1 Å². The monoisotopic (exact) mass is 539 g/mol. The quantitative estimate of drug-likeness (QED) is 0.232. The molecule has 1 amide bonds. The Morgan fingerprint density at radius 3 is 2.23 bits per heavy atom. The fourth-order valence-corrected chi connectivity index (χ4v) is 6.36. The first-order chi connectivity index (χ1) is 19.3. The summed E-state index contributed by atoms with van der Waals surface area (Å²) in [7, 11) is 1.96. The lowest BCUT2D eigenvalue weighted by Crippen LogP contribution is -2.48. The van der Waals surface area contributed by atoms with Crippen LogP contribution in [0.25, 0.3) is 22.4 Å². The Labute approximate surface area is 232 Å². The number of carbonyl (C=O) groups is 2. The summed E-state index contributed by atoms with van der Waals surface area (Å²) < 4.78 is 21.9. The minimum atomic E-state index is -0.725. The molecular weight excluding hydrogens is 507 g/mol. The zero-order valence-corrected chi connectivity index (χ0v) is 22.6. The maximum atomic E-state index is 14.6. The van der Waals surface area contributed by atoms with Crippen LogP contribution in [0, 0.1) is 5.82 Å². The average Bonchev–Trinajstić information content (AvgIpc) is 3.39. The summed E-state index contributed by atoms with van der Waals surface area (Å²) in [5.41, 5.74) is 5.80. The van der Waals surface area contributed by atoms with Crippen LogP contribution in [0.5, 0.6) is 0 Å². The third-order valence-electron chi connectivity index (χ3n) is 8.49. The van der Waals surface area contributed by atoms with Gasteiger partial charge in [0, 0.05) is 24.9 Å². The lowest BCUT2D eigenvalue weighted by molar-refractivity contribution is -0.160. The molecule has 1 N–H and O–H groups in total. The van der Waals surface area contributed by atoms with E-state index in [2.05, 4.69) is 11.5 Å². The predicted octanol–water partition coefficient (Wildman–Crippen LogP) is 6.27. The summed E-state index contributed by atoms with van der Waals surface area (Å²) in [6.07, 6.45) is -0.303. The molecule has 4 atom stereocenters. The molecule has 0 saturated carbocycles. The first kappa shape index (κ1) is 26.2. The highest BCUT2D eigenvalue weighted by Gasteiger charge is 2.54. The number of benzene rings is 3. The standard InChI is InChI=1S/C33H32FN2O4/c1-21-31-30(33(39)36(21,2)25-11-7-4-8-12-25)29(22-9-5-3-6-10-22)32(23-13-15-24(34)16-14-23)35(31)18-17-27-19-26(37)20-28(38)40-27/h3-16,21,26-27,37H,17-20H2,1-2H3/q+1/t21?,26-,27-,36?/m1/s1. The molecule has 4 aromatic rings. The smallest absolute Gasteiger partial charge is 0.353 e. The van der Waals surface area contributed by atoms with Gasteiger partial charge in [0.1, 0.15) is 29.2 Å². The van der Waals surface area contributed by atoms with Gasteiger partial charge in [0.15, 0.2) is 0 Å². The van der Waals surface area contributed by atoms with Crippen molar-refractivity contribution < 1.29 is 23.8 Å². The summed E-state index contributed by atoms with van der Waals surface area (Å²) in [6.45, 7) is 2.53. The number of hydrogen-bond acceptors (Lipinski definition) is 4. The van der Waals surface area contributed by atoms with Gasteiger partial charge in [0.05, 0.1) is 31.0 Å². The van der Waals surface area contributed by atoms with Gasteiger partial charge >= 0.3 is 11.9 Å². The molecule has 3 aromatic carbocycles. The Bertz CT molecular complexity index is 1570. The van der Waals surface area contributed by atoms with Crippen molar-refractivity contribution in [1.29, 1.82) is 0 Å². The molecule has 40 heavy (non-hydrogen) atoms. The van der Waals surface area contributed by atoms with Crippen molar-refractivity contribution in [3.05, 3.63) is 102 Å². The van der Waals surface area contributed by atoms with Crippen molar-refractivity contribution in [3.63, 3.8) is 0 Å². The van der Waals surface area contributed by atoms with Crippen molar-refractivity contribution in [2.45, 2.75) is 51.0 Å². The van der Waals surface area contributed by atoms with Crippen LogP contribution in [-0.4, -0.2) is 40.8 Å². The lowest BCUT2D eigenvalue weighted by Gasteiger charge is -2.33. The van der Waals surface area contributed by atoms with Crippen LogP contribution in [-0.2, 0) is 16.1 Å². The number of para-hydroxylation sites is 1. The van der Waals surface area contributed by atoms with E-state index in [0.29, 0.717) is 24.9 Å². The molecule has 1 saturated heterocycles. The van der Waals surface area contributed by atoms with E-state index in [1.165, 1.54) is 12.1 Å². The van der Waals surface area contributed by atoms with Gasteiger partial charge in [-0.3, -0.25) is 4.79 Å². The number of ether oxygens (including phenoxy) is 1. The molecule has 0 bridgehead atoms. The van der Waals surface area contributed by atoms with E-state index in [0.717, 1.165) is 33.8 Å². The van der Waals surface area contributed by atoms with Crippen molar-refractivity contribution in [2.75, 3.05) is 7.05 Å². The number of aromatic nitrogens is 1. The highest BCUT2D eigenvalue weighted by molar-refractivity contribution is 6.13. The molecule has 3 heterocycles. The summed E-state index contributed by atoms with van der Waals surface area (Å²) in [5.74, 6) is -0.743. The Kier molecular flexibility index (Phi) is 6.64. The predicted molar refractivity (Wildman–Crippen MR) is 152 cm³/mol. The highest BCUT2D eigenvalue weighted by atomic mass is 19.1. The third-order valence-corrected chi connectivity index (χ3v) is 8.49. The van der Waals surface area contributed by atoms with Crippen molar-refractivity contribution in [2.24, 2.45) is 0 Å². The largest absolute Gasteiger partial charge is 0.462 e. The van der Waals surface area contributed by atoms with E-state index in [1.807, 2.05) is 67.7 Å². The zero-order valence-electron chi connectivity index (χ0n) is 22.6. The van der Waals surface area contributed by atoms with Crippen LogP contribution in [0.4, 0.5) is 10.1 Å². The molecule has 0 aliphatic carbocycles. The average molecular weight is 540 g/mol. The first-order valence-electron chi connectivity index (χ1n) is 13.7. The summed E-state index contributed by atoms with van der Waals surface area (Å²) in [4.78, 5) is 26.6. The van der Waals surface area contributed by atoms with Crippen LogP contribution >= 0.6 is 0 Å². The molecule has 2 aliphatic rings. The second-order valence-electron chi connectivity index (χ2n) is 10.9. The Balaban J connectivity index is 1.57. The van der Waals surface area contributed by atoms with Gasteiger partial charge in [-0.2, -0.15) is 0 Å². The number of aliphatic hydroxyl groups is 1. The van der Waals surface area contributed by atoms with Gasteiger partial charge < -0.3 is 14.4 Å². The maximum Gasteiger partial charge on any atom is 0.353 e. The zero-order chi connectivity index (χ0) is 28.0. The third kappa shape index (κ3) is 4.26. The summed E-state index contributed by atoms with van der Waals surface area (Å²) >= 11 is 0.